The molecule has 0 heterocycles. The Kier molecular flexibility index (Phi) is 5.68. The zero-order valence-electron chi connectivity index (χ0n) is 15.4. The van der Waals surface area contributed by atoms with Crippen LogP contribution in [-0.2, 0) is 4.43 Å². The fraction of sp³-hybridized carbons (Fsp3) is 0.333. The van der Waals surface area contributed by atoms with Crippen molar-refractivity contribution in [3.63, 3.8) is 0 Å². The van der Waals surface area contributed by atoms with Gasteiger partial charge in [0.2, 0.25) is 0 Å². The molecule has 24 heavy (non-hydrogen) atoms. The van der Waals surface area contributed by atoms with Crippen molar-refractivity contribution in [2.45, 2.75) is 38.9 Å². The molecule has 2 nitrogen and oxygen atoms in total. The van der Waals surface area contributed by atoms with Crippen LogP contribution in [0.1, 0.15) is 31.9 Å². The second kappa shape index (κ2) is 7.37. The second-order valence-electron chi connectivity index (χ2n) is 7.54. The Morgan fingerprint density at radius 2 is 1.46 bits per heavy atom. The van der Waals surface area contributed by atoms with Gasteiger partial charge in [-0.3, -0.25) is 0 Å². The van der Waals surface area contributed by atoms with E-state index in [4.69, 9.17) is 9.16 Å². The van der Waals surface area contributed by atoms with E-state index in [9.17, 15) is 0 Å². The van der Waals surface area contributed by atoms with Gasteiger partial charge in [-0.25, -0.2) is 0 Å². The van der Waals surface area contributed by atoms with Crippen molar-refractivity contribution in [3.05, 3.63) is 72.3 Å². The molecule has 0 aliphatic carbocycles. The molecule has 0 radical (unpaired) electrons. The van der Waals surface area contributed by atoms with Crippen LogP contribution >= 0.6 is 0 Å². The Morgan fingerprint density at radius 1 is 0.917 bits per heavy atom. The fourth-order valence-corrected chi connectivity index (χ4v) is 2.81. The largest absolute Gasteiger partial charge is 0.469 e. The van der Waals surface area contributed by atoms with Crippen LogP contribution in [0.3, 0.4) is 0 Å². The van der Waals surface area contributed by atoms with Crippen LogP contribution < -0.4 is 4.74 Å². The molecule has 0 spiro atoms. The van der Waals surface area contributed by atoms with Crippen LogP contribution in [0.5, 0.6) is 5.75 Å². The topological polar surface area (TPSA) is 18.5 Å². The maximum absolute atomic E-state index is 6.04. The Labute approximate surface area is 147 Å². The summed E-state index contributed by atoms with van der Waals surface area (Å²) in [5.74, 6) is 0.818. The molecule has 2 aromatic carbocycles. The monoisotopic (exact) mass is 340 g/mol. The maximum Gasteiger partial charge on any atom is 0.196 e. The van der Waals surface area contributed by atoms with E-state index in [-0.39, 0.29) is 5.04 Å². The van der Waals surface area contributed by atoms with Crippen molar-refractivity contribution in [1.29, 1.82) is 0 Å². The van der Waals surface area contributed by atoms with Crippen LogP contribution in [0.4, 0.5) is 0 Å². The van der Waals surface area contributed by atoms with Crippen LogP contribution in [0.25, 0.3) is 5.57 Å². The highest BCUT2D eigenvalue weighted by molar-refractivity contribution is 6.74. The number of hydrogen-bond acceptors (Lipinski definition) is 2. The first-order valence-electron chi connectivity index (χ1n) is 8.32. The third-order valence-corrected chi connectivity index (χ3v) is 9.23. The summed E-state index contributed by atoms with van der Waals surface area (Å²) in [5, 5.41) is 0.188. The molecule has 3 heteroatoms. The molecule has 0 bridgehead atoms. The average molecular weight is 341 g/mol. The Bertz CT molecular complexity index is 667. The van der Waals surface area contributed by atoms with Gasteiger partial charge >= 0.3 is 0 Å². The van der Waals surface area contributed by atoms with Gasteiger partial charge in [0.05, 0.1) is 0 Å². The predicted molar refractivity (Wildman–Crippen MR) is 105 cm³/mol. The van der Waals surface area contributed by atoms with Crippen LogP contribution in [0.2, 0.25) is 18.1 Å². The van der Waals surface area contributed by atoms with E-state index >= 15 is 0 Å². The predicted octanol–water partition coefficient (Wildman–Crippen LogP) is 6.11. The Hall–Kier alpha value is -1.84. The molecular formula is C21H28O2Si. The van der Waals surface area contributed by atoms with Gasteiger partial charge < -0.3 is 9.16 Å². The second-order valence-corrected chi connectivity index (χ2v) is 12.3. The van der Waals surface area contributed by atoms with Gasteiger partial charge in [0.1, 0.15) is 5.75 Å². The maximum atomic E-state index is 6.04. The highest BCUT2D eigenvalue weighted by Crippen LogP contribution is 2.36. The van der Waals surface area contributed by atoms with Crippen molar-refractivity contribution < 1.29 is 9.16 Å². The molecule has 128 valence electrons. The lowest BCUT2D eigenvalue weighted by Crippen LogP contribution is -2.41. The van der Waals surface area contributed by atoms with Crippen molar-refractivity contribution in [3.8, 4) is 5.75 Å². The van der Waals surface area contributed by atoms with Crippen molar-refractivity contribution in [2.24, 2.45) is 0 Å². The van der Waals surface area contributed by atoms with E-state index < -0.39 is 8.32 Å². The van der Waals surface area contributed by atoms with Crippen molar-refractivity contribution in [2.75, 3.05) is 6.79 Å². The summed E-state index contributed by atoms with van der Waals surface area (Å²) in [5.41, 5.74) is 3.24. The van der Waals surface area contributed by atoms with Crippen LogP contribution in [0, 0.1) is 0 Å². The molecule has 0 saturated carbocycles. The molecule has 2 rings (SSSR count). The molecule has 0 aromatic heterocycles. The summed E-state index contributed by atoms with van der Waals surface area (Å²) in [4.78, 5) is 0. The van der Waals surface area contributed by atoms with Gasteiger partial charge in [-0.2, -0.15) is 0 Å². The van der Waals surface area contributed by atoms with E-state index in [0.717, 1.165) is 22.4 Å². The summed E-state index contributed by atoms with van der Waals surface area (Å²) in [6, 6.07) is 18.2. The number of rotatable bonds is 6. The molecule has 0 aliphatic rings. The summed E-state index contributed by atoms with van der Waals surface area (Å²) in [6.45, 7) is 15.6. The number of benzene rings is 2. The minimum absolute atomic E-state index is 0.188. The molecule has 0 amide bonds. The van der Waals surface area contributed by atoms with E-state index in [1.807, 2.05) is 42.5 Å². The van der Waals surface area contributed by atoms with Gasteiger partial charge in [0, 0.05) is 0 Å². The summed E-state index contributed by atoms with van der Waals surface area (Å²) in [7, 11) is -1.77. The van der Waals surface area contributed by atoms with Crippen LogP contribution in [0.15, 0.2) is 61.2 Å². The highest BCUT2D eigenvalue weighted by Gasteiger charge is 2.37. The first kappa shape index (κ1) is 18.5. The number of ether oxygens (including phenoxy) is 1. The number of hydrogen-bond donors (Lipinski definition) is 0. The van der Waals surface area contributed by atoms with Crippen molar-refractivity contribution in [1.82, 2.24) is 0 Å². The van der Waals surface area contributed by atoms with E-state index in [1.54, 1.807) is 0 Å². The molecule has 0 atom stereocenters. The smallest absolute Gasteiger partial charge is 0.196 e. The lowest BCUT2D eigenvalue weighted by Gasteiger charge is -2.35. The third kappa shape index (κ3) is 4.59. The first-order chi connectivity index (χ1) is 11.2. The van der Waals surface area contributed by atoms with E-state index in [0.29, 0.717) is 6.79 Å². The fourth-order valence-electron chi connectivity index (χ4n) is 2.02. The third-order valence-electron chi connectivity index (χ3n) is 4.78. The summed E-state index contributed by atoms with van der Waals surface area (Å²) in [6.07, 6.45) is 0. The molecule has 0 aliphatic heterocycles. The zero-order valence-corrected chi connectivity index (χ0v) is 16.4. The summed E-state index contributed by atoms with van der Waals surface area (Å²) >= 11 is 0. The van der Waals surface area contributed by atoms with Gasteiger partial charge in [-0.05, 0) is 47.0 Å². The normalized spacial score (nSPS) is 12.0. The van der Waals surface area contributed by atoms with Gasteiger partial charge in [-0.1, -0.05) is 69.8 Å². The SMILES string of the molecule is C=C(c1ccccc1)c1ccc(OCO[Si](C)(C)C(C)(C)C)cc1. The molecular weight excluding hydrogens is 312 g/mol. The van der Waals surface area contributed by atoms with Gasteiger partial charge in [0.15, 0.2) is 15.1 Å². The quantitative estimate of drug-likeness (QED) is 0.467. The van der Waals surface area contributed by atoms with E-state index in [1.165, 1.54) is 0 Å². The molecule has 0 fully saturated rings. The average Bonchev–Trinajstić information content (AvgIpc) is 2.54. The van der Waals surface area contributed by atoms with Crippen molar-refractivity contribution >= 4 is 13.9 Å². The molecule has 0 unspecified atom stereocenters. The minimum Gasteiger partial charge on any atom is -0.469 e. The van der Waals surface area contributed by atoms with E-state index in [2.05, 4.69) is 52.6 Å². The zero-order chi connectivity index (χ0) is 17.8. The Morgan fingerprint density at radius 3 is 2.00 bits per heavy atom. The van der Waals surface area contributed by atoms with Gasteiger partial charge in [-0.15, -0.1) is 0 Å². The highest BCUT2D eigenvalue weighted by atomic mass is 28.4. The van der Waals surface area contributed by atoms with Gasteiger partial charge in [0.25, 0.3) is 0 Å². The van der Waals surface area contributed by atoms with Crippen LogP contribution in [-0.4, -0.2) is 15.1 Å². The standard InChI is InChI=1S/C21H28O2Si/c1-17(18-10-8-7-9-11-18)19-12-14-20(15-13-19)22-16-23-24(5,6)21(2,3)4/h7-15H,1,16H2,2-6H3. The minimum atomic E-state index is -1.77. The molecule has 0 saturated heterocycles. The summed E-state index contributed by atoms with van der Waals surface area (Å²) < 4.78 is 11.8. The molecule has 2 aromatic rings. The lowest BCUT2D eigenvalue weighted by atomic mass is 10.00. The first-order valence-corrected chi connectivity index (χ1v) is 11.2. The Balaban J connectivity index is 1.95. The lowest BCUT2D eigenvalue weighted by molar-refractivity contribution is 0.106. The molecule has 0 N–H and O–H groups in total.